The van der Waals surface area contributed by atoms with Crippen LogP contribution in [-0.2, 0) is 12.4 Å². The number of aliphatic imine (C=N–C) groups is 1. The second-order valence-corrected chi connectivity index (χ2v) is 13.6. The number of amides is 2. The average molecular weight is 990 g/mol. The third kappa shape index (κ3) is 19.3. The summed E-state index contributed by atoms with van der Waals surface area (Å²) in [6.07, 6.45) is 0. The molecule has 0 unspecified atom stereocenters. The van der Waals surface area contributed by atoms with E-state index >= 15 is 0 Å². The highest BCUT2D eigenvalue weighted by molar-refractivity contribution is 9.10. The summed E-state index contributed by atoms with van der Waals surface area (Å²) in [5.74, 6) is 0.00830. The second-order valence-electron chi connectivity index (χ2n) is 9.54. The quantitative estimate of drug-likeness (QED) is 0.0351. The Bertz CT molecular complexity index is 1910. The maximum absolute atomic E-state index is 11.9. The number of hydrogen-bond donors (Lipinski definition) is 6. The predicted octanol–water partition coefficient (Wildman–Crippen LogP) is 9.43. The Kier molecular flexibility index (Phi) is 25.9. The molecule has 0 saturated carbocycles. The highest BCUT2D eigenvalue weighted by Gasteiger charge is 2.12. The smallest absolute Gasteiger partial charge is 0.251 e. The van der Waals surface area contributed by atoms with Gasteiger partial charge in [0.2, 0.25) is 0 Å². The number of nitrogens with zero attached hydrogens (tertiary/aromatic N) is 3. The van der Waals surface area contributed by atoms with Gasteiger partial charge in [-0.2, -0.15) is 0 Å². The molecule has 0 aromatic heterocycles. The summed E-state index contributed by atoms with van der Waals surface area (Å²) >= 11 is 22.2. The molecule has 0 bridgehead atoms. The fraction of sp³-hybridized carbons (Fsp3) is 0.143. The summed E-state index contributed by atoms with van der Waals surface area (Å²) in [5.41, 5.74) is 16.0. The minimum atomic E-state index is -0.259. The fourth-order valence-corrected chi connectivity index (χ4v) is 5.12. The van der Waals surface area contributed by atoms with E-state index in [1.807, 2.05) is 48.5 Å². The number of anilines is 1. The number of benzene rings is 4. The van der Waals surface area contributed by atoms with Crippen molar-refractivity contribution in [2.45, 2.75) is 12.4 Å². The average Bonchev–Trinajstić information content (AvgIpc) is 3.15. The number of nitrogens with one attached hydrogen (secondary N) is 3. The lowest BCUT2D eigenvalue weighted by Gasteiger charge is -2.09. The van der Waals surface area contributed by atoms with Gasteiger partial charge >= 0.3 is 0 Å². The van der Waals surface area contributed by atoms with E-state index in [9.17, 15) is 9.59 Å². The van der Waals surface area contributed by atoms with E-state index in [2.05, 4.69) is 74.7 Å². The van der Waals surface area contributed by atoms with Crippen molar-refractivity contribution < 1.29 is 14.7 Å². The molecule has 0 aliphatic carbocycles. The first-order chi connectivity index (χ1) is 24.8. The van der Waals surface area contributed by atoms with Crippen LogP contribution in [0.3, 0.4) is 0 Å². The minimum absolute atomic E-state index is 0. The van der Waals surface area contributed by atoms with Crippen molar-refractivity contribution in [3.05, 3.63) is 139 Å². The van der Waals surface area contributed by atoms with E-state index < -0.39 is 0 Å². The third-order valence-corrected chi connectivity index (χ3v) is 8.10. The predicted molar refractivity (Wildman–Crippen MR) is 236 cm³/mol. The summed E-state index contributed by atoms with van der Waals surface area (Å²) in [7, 11) is 3.09. The third-order valence-electron chi connectivity index (χ3n) is 6.10. The molecule has 4 rings (SSSR count). The number of thiocarbonyl (C=S) groups is 1. The molecule has 0 spiro atoms. The summed E-state index contributed by atoms with van der Waals surface area (Å²) in [4.78, 5) is 34.2. The molecule has 11 nitrogen and oxygen atoms in total. The van der Waals surface area contributed by atoms with E-state index in [4.69, 9.17) is 52.9 Å². The molecule has 0 aliphatic heterocycles. The number of nitrogens with two attached hydrogens (primary N) is 2. The Morgan fingerprint density at radius 1 is 0.830 bits per heavy atom. The molecule has 4 aromatic rings. The number of carbonyl (C=O) groups is 2. The highest BCUT2D eigenvalue weighted by atomic mass is 79.9. The van der Waals surface area contributed by atoms with Crippen LogP contribution in [0.2, 0.25) is 0 Å². The van der Waals surface area contributed by atoms with Gasteiger partial charge in [0.1, 0.15) is 0 Å². The molecule has 53 heavy (non-hydrogen) atoms. The monoisotopic (exact) mass is 986 g/mol. The SMILES string of the molecule is Br.ClCCl.NC(=S)Nc1ccc(Br)cc1.[C-]#[N+]c1ccc(C(=O)NC)c(CO)c1.[C-]#[N+]c1ccc(C(=O)NC)c(CSC(N)=Nc2ccc(Br)cc2)c1. The highest BCUT2D eigenvalue weighted by Crippen LogP contribution is 2.25. The van der Waals surface area contributed by atoms with Gasteiger partial charge in [0, 0.05) is 45.6 Å². The van der Waals surface area contributed by atoms with Crippen molar-refractivity contribution in [1.29, 1.82) is 0 Å². The Labute approximate surface area is 356 Å². The van der Waals surface area contributed by atoms with Crippen molar-refractivity contribution >= 4 is 141 Å². The van der Waals surface area contributed by atoms with Gasteiger partial charge in [-0.15, -0.1) is 40.2 Å². The van der Waals surface area contributed by atoms with E-state index in [1.165, 1.54) is 30.9 Å². The van der Waals surface area contributed by atoms with Gasteiger partial charge < -0.3 is 32.5 Å². The van der Waals surface area contributed by atoms with Crippen LogP contribution in [0.4, 0.5) is 22.7 Å². The molecular weight excluding hydrogens is 955 g/mol. The van der Waals surface area contributed by atoms with Gasteiger partial charge in [-0.05, 0) is 71.9 Å². The van der Waals surface area contributed by atoms with Crippen molar-refractivity contribution in [3.63, 3.8) is 0 Å². The Hall–Kier alpha value is -3.71. The van der Waals surface area contributed by atoms with E-state index in [1.54, 1.807) is 31.3 Å². The van der Waals surface area contributed by atoms with Crippen molar-refractivity contribution in [2.24, 2.45) is 16.5 Å². The Morgan fingerprint density at radius 3 is 1.68 bits per heavy atom. The molecule has 0 saturated heterocycles. The largest absolute Gasteiger partial charge is 0.392 e. The Morgan fingerprint density at radius 2 is 1.26 bits per heavy atom. The van der Waals surface area contributed by atoms with Crippen molar-refractivity contribution in [2.75, 3.05) is 24.8 Å². The zero-order valence-corrected chi connectivity index (χ0v) is 36.2. The fourth-order valence-electron chi connectivity index (χ4n) is 3.76. The Balaban J connectivity index is 0.000000792. The zero-order chi connectivity index (χ0) is 39.1. The maximum Gasteiger partial charge on any atom is 0.251 e. The molecule has 4 aromatic carbocycles. The molecule has 18 heteroatoms. The van der Waals surface area contributed by atoms with E-state index in [-0.39, 0.29) is 45.9 Å². The van der Waals surface area contributed by atoms with E-state index in [0.717, 1.165) is 25.9 Å². The second kappa shape index (κ2) is 27.8. The number of aliphatic hydroxyl groups excluding tert-OH is 1. The van der Waals surface area contributed by atoms with Crippen LogP contribution in [0, 0.1) is 13.1 Å². The molecule has 0 atom stereocenters. The molecule has 2 amide bonds. The lowest BCUT2D eigenvalue weighted by Crippen LogP contribution is -2.19. The number of halogens is 5. The van der Waals surface area contributed by atoms with Crippen LogP contribution < -0.4 is 27.4 Å². The first kappa shape index (κ1) is 49.3. The van der Waals surface area contributed by atoms with Gasteiger partial charge in [-0.3, -0.25) is 9.59 Å². The molecule has 8 N–H and O–H groups in total. The summed E-state index contributed by atoms with van der Waals surface area (Å²) in [6, 6.07) is 24.7. The number of aliphatic hydroxyl groups is 1. The van der Waals surface area contributed by atoms with Crippen LogP contribution in [0.25, 0.3) is 9.69 Å². The van der Waals surface area contributed by atoms with Crippen LogP contribution in [0.15, 0.2) is 98.9 Å². The van der Waals surface area contributed by atoms with Crippen LogP contribution >= 0.6 is 96.0 Å². The topological polar surface area (TPSA) is 164 Å². The van der Waals surface area contributed by atoms with Crippen molar-refractivity contribution in [1.82, 2.24) is 10.6 Å². The molecule has 280 valence electrons. The molecule has 0 fully saturated rings. The molecule has 0 radical (unpaired) electrons. The number of amidine groups is 1. The minimum Gasteiger partial charge on any atom is -0.392 e. The maximum atomic E-state index is 11.9. The lowest BCUT2D eigenvalue weighted by atomic mass is 10.1. The summed E-state index contributed by atoms with van der Waals surface area (Å²) in [5, 5.41) is 17.8. The number of hydrogen-bond acceptors (Lipinski definition) is 6. The first-order valence-corrected chi connectivity index (χ1v) is 18.6. The van der Waals surface area contributed by atoms with Gasteiger partial charge in [-0.25, -0.2) is 14.7 Å². The summed E-state index contributed by atoms with van der Waals surface area (Å²) in [6.45, 7) is 13.6. The molecule has 0 aliphatic rings. The number of alkyl halides is 2. The van der Waals surface area contributed by atoms with Crippen LogP contribution in [0.5, 0.6) is 0 Å². The van der Waals surface area contributed by atoms with Crippen LogP contribution in [0.1, 0.15) is 31.8 Å². The van der Waals surface area contributed by atoms with Gasteiger partial charge in [-0.1, -0.05) is 80.0 Å². The first-order valence-electron chi connectivity index (χ1n) is 14.6. The van der Waals surface area contributed by atoms with Gasteiger partial charge in [0.25, 0.3) is 11.8 Å². The zero-order valence-electron chi connectivity index (χ0n) is 28.2. The van der Waals surface area contributed by atoms with Gasteiger partial charge in [0.05, 0.1) is 30.8 Å². The number of thioether (sulfide) groups is 1. The molecule has 0 heterocycles. The van der Waals surface area contributed by atoms with Crippen molar-refractivity contribution in [3.8, 4) is 0 Å². The van der Waals surface area contributed by atoms with Crippen LogP contribution in [-0.4, -0.2) is 46.6 Å². The molecular formula is C35H35Br3Cl2N8O3S2. The number of carbonyl (C=O) groups excluding carboxylic acids is 2. The number of rotatable bonds is 7. The normalized spacial score (nSPS) is 9.64. The van der Waals surface area contributed by atoms with E-state index in [0.29, 0.717) is 39.0 Å². The standard InChI is InChI=1S/C17H15BrN4OS.C10H10N2O2.C7H7BrN2S.CH2Cl2.BrH/c1-20-14-7-8-15(16(23)21-2)11(9-14)10-24-17(19)22-13-5-3-12(18)4-6-13;1-11-8-3-4-9(10(14)12-2)7(5-8)6-13;8-5-1-3-6(4-2-5)10-7(9)11;2-1-3;/h3-9H,10H2,2H3,(H2,19,22)(H,21,23);3-5,13H,6H2,2H3,(H,12,14);1-4H,(H3,9,10,11);1H2;1H. The van der Waals surface area contributed by atoms with Gasteiger partial charge in [0.15, 0.2) is 21.7 Å². The summed E-state index contributed by atoms with van der Waals surface area (Å²) < 4.78 is 2.00. The lowest BCUT2D eigenvalue weighted by molar-refractivity contribution is 0.0953.